The van der Waals surface area contributed by atoms with Gasteiger partial charge in [-0.25, -0.2) is 4.98 Å². The van der Waals surface area contributed by atoms with Gasteiger partial charge in [-0.05, 0) is 65.5 Å². The highest BCUT2D eigenvalue weighted by atomic mass is 79.9. The van der Waals surface area contributed by atoms with Crippen LogP contribution in [0.15, 0.2) is 28.9 Å². The minimum atomic E-state index is -0.102. The molecule has 1 unspecified atom stereocenters. The van der Waals surface area contributed by atoms with E-state index in [1.165, 1.54) is 12.7 Å². The third-order valence-corrected chi connectivity index (χ3v) is 5.08. The van der Waals surface area contributed by atoms with Gasteiger partial charge < -0.3 is 15.0 Å². The summed E-state index contributed by atoms with van der Waals surface area (Å²) in [6, 6.07) is 6.16. The Morgan fingerprint density at radius 3 is 2.76 bits per heavy atom. The monoisotopic (exact) mass is 403 g/mol. The number of hydrogen-bond donors (Lipinski definition) is 1. The normalized spacial score (nSPS) is 16.2. The van der Waals surface area contributed by atoms with Crippen LogP contribution in [0.25, 0.3) is 0 Å². The molecule has 5 nitrogen and oxygen atoms in total. The third-order valence-electron chi connectivity index (χ3n) is 4.64. The van der Waals surface area contributed by atoms with E-state index in [-0.39, 0.29) is 11.9 Å². The Balaban J connectivity index is 2.09. The fraction of sp³-hybridized carbons (Fsp3) is 0.368. The fourth-order valence-electron chi connectivity index (χ4n) is 3.04. The number of carbonyl (C=O) groups excluding carboxylic acids is 1. The lowest BCUT2D eigenvalue weighted by atomic mass is 10.0. The number of fused-ring (bicyclic) bond motifs is 1. The van der Waals surface area contributed by atoms with Gasteiger partial charge in [0.25, 0.3) is 5.91 Å². The van der Waals surface area contributed by atoms with Crippen LogP contribution in [0.5, 0.6) is 5.88 Å². The van der Waals surface area contributed by atoms with E-state index < -0.39 is 0 Å². The number of nitrogens with one attached hydrogen (secondary N) is 1. The maximum Gasteiger partial charge on any atom is 0.263 e. The van der Waals surface area contributed by atoms with Crippen molar-refractivity contribution in [3.63, 3.8) is 0 Å². The Hall–Kier alpha value is -2.08. The van der Waals surface area contributed by atoms with E-state index in [9.17, 15) is 4.79 Å². The summed E-state index contributed by atoms with van der Waals surface area (Å²) >= 11 is 3.40. The van der Waals surface area contributed by atoms with Crippen molar-refractivity contribution < 1.29 is 9.53 Å². The molecule has 0 saturated heterocycles. The van der Waals surface area contributed by atoms with Crippen LogP contribution in [-0.4, -0.2) is 30.6 Å². The highest BCUT2D eigenvalue weighted by molar-refractivity contribution is 9.10. The molecule has 1 aromatic heterocycles. The van der Waals surface area contributed by atoms with Gasteiger partial charge in [-0.3, -0.25) is 4.79 Å². The van der Waals surface area contributed by atoms with Crippen molar-refractivity contribution >= 4 is 33.2 Å². The largest absolute Gasteiger partial charge is 0.480 e. The first kappa shape index (κ1) is 17.7. The lowest BCUT2D eigenvalue weighted by Crippen LogP contribution is -2.44. The number of carbonyl (C=O) groups is 1. The van der Waals surface area contributed by atoms with Crippen LogP contribution in [0.3, 0.4) is 0 Å². The zero-order chi connectivity index (χ0) is 18.1. The molecule has 2 heterocycles. The Kier molecular flexibility index (Phi) is 4.99. The summed E-state index contributed by atoms with van der Waals surface area (Å²) in [5.74, 6) is 0.236. The molecular weight excluding hydrogens is 382 g/mol. The zero-order valence-electron chi connectivity index (χ0n) is 14.9. The van der Waals surface area contributed by atoms with Gasteiger partial charge in [0.2, 0.25) is 5.88 Å². The molecule has 3 rings (SSSR count). The molecule has 1 N–H and O–H groups in total. The highest BCUT2D eigenvalue weighted by Gasteiger charge is 2.30. The second-order valence-electron chi connectivity index (χ2n) is 6.33. The van der Waals surface area contributed by atoms with Gasteiger partial charge in [0.1, 0.15) is 5.56 Å². The van der Waals surface area contributed by atoms with Crippen molar-refractivity contribution in [3.8, 4) is 5.88 Å². The minimum Gasteiger partial charge on any atom is -0.480 e. The van der Waals surface area contributed by atoms with Gasteiger partial charge in [-0.15, -0.1) is 0 Å². The summed E-state index contributed by atoms with van der Waals surface area (Å²) in [5, 5.41) is 3.54. The summed E-state index contributed by atoms with van der Waals surface area (Å²) in [6.45, 7) is 6.87. The topological polar surface area (TPSA) is 54.5 Å². The SMILES string of the molecule is CCC1CN(C(=O)c2cc(Br)cnc2OC)c2cc(C)c(C)cc2N1. The molecule has 132 valence electrons. The predicted octanol–water partition coefficient (Wildman–Crippen LogP) is 4.32. The number of anilines is 2. The number of rotatable bonds is 3. The number of aryl methyl sites for hydroxylation is 2. The maximum absolute atomic E-state index is 13.3. The Bertz CT molecular complexity index is 823. The second-order valence-corrected chi connectivity index (χ2v) is 7.24. The average Bonchev–Trinajstić information content (AvgIpc) is 2.61. The molecule has 1 aliphatic heterocycles. The number of nitrogens with zero attached hydrogens (tertiary/aromatic N) is 2. The average molecular weight is 404 g/mol. The van der Waals surface area contributed by atoms with Crippen molar-refractivity contribution in [2.45, 2.75) is 33.2 Å². The van der Waals surface area contributed by atoms with Gasteiger partial charge >= 0.3 is 0 Å². The molecule has 1 amide bonds. The van der Waals surface area contributed by atoms with Gasteiger partial charge in [0.15, 0.2) is 0 Å². The van der Waals surface area contributed by atoms with E-state index in [2.05, 4.69) is 59.1 Å². The summed E-state index contributed by atoms with van der Waals surface area (Å²) in [7, 11) is 1.53. The number of ether oxygens (including phenoxy) is 1. The quantitative estimate of drug-likeness (QED) is 0.828. The maximum atomic E-state index is 13.3. The number of benzene rings is 1. The second kappa shape index (κ2) is 7.04. The first-order chi connectivity index (χ1) is 11.9. The lowest BCUT2D eigenvalue weighted by Gasteiger charge is -2.36. The summed E-state index contributed by atoms with van der Waals surface area (Å²) in [4.78, 5) is 19.3. The van der Waals surface area contributed by atoms with Crippen LogP contribution in [0.1, 0.15) is 34.8 Å². The summed E-state index contributed by atoms with van der Waals surface area (Å²) in [5.41, 5.74) is 4.72. The molecule has 1 aromatic carbocycles. The molecule has 6 heteroatoms. The van der Waals surface area contributed by atoms with Crippen LogP contribution in [0.4, 0.5) is 11.4 Å². The molecule has 1 aliphatic rings. The van der Waals surface area contributed by atoms with Crippen molar-refractivity contribution in [3.05, 3.63) is 45.6 Å². The van der Waals surface area contributed by atoms with Crippen LogP contribution in [-0.2, 0) is 0 Å². The van der Waals surface area contributed by atoms with E-state index in [4.69, 9.17) is 4.74 Å². The van der Waals surface area contributed by atoms with Gasteiger partial charge in [-0.1, -0.05) is 6.92 Å². The molecule has 25 heavy (non-hydrogen) atoms. The molecule has 0 spiro atoms. The Labute approximate surface area is 156 Å². The Morgan fingerprint density at radius 1 is 1.36 bits per heavy atom. The predicted molar refractivity (Wildman–Crippen MR) is 104 cm³/mol. The third kappa shape index (κ3) is 3.35. The number of aromatic nitrogens is 1. The van der Waals surface area contributed by atoms with Gasteiger partial charge in [0, 0.05) is 23.3 Å². The van der Waals surface area contributed by atoms with Crippen LogP contribution < -0.4 is 15.0 Å². The lowest BCUT2D eigenvalue weighted by molar-refractivity contribution is 0.0981. The molecular formula is C19H22BrN3O2. The highest BCUT2D eigenvalue weighted by Crippen LogP contribution is 2.36. The number of hydrogen-bond acceptors (Lipinski definition) is 4. The molecule has 0 bridgehead atoms. The molecule has 0 fully saturated rings. The Morgan fingerprint density at radius 2 is 2.08 bits per heavy atom. The van der Waals surface area contributed by atoms with E-state index in [0.717, 1.165) is 27.8 Å². The van der Waals surface area contributed by atoms with Crippen molar-refractivity contribution in [1.82, 2.24) is 4.98 Å². The smallest absolute Gasteiger partial charge is 0.263 e. The molecule has 1 atom stereocenters. The van der Waals surface area contributed by atoms with Crippen LogP contribution in [0.2, 0.25) is 0 Å². The summed E-state index contributed by atoms with van der Waals surface area (Å²) < 4.78 is 6.05. The van der Waals surface area contributed by atoms with Crippen molar-refractivity contribution in [2.24, 2.45) is 0 Å². The van der Waals surface area contributed by atoms with Gasteiger partial charge in [0.05, 0.1) is 18.5 Å². The molecule has 0 aliphatic carbocycles. The van der Waals surface area contributed by atoms with E-state index in [0.29, 0.717) is 18.0 Å². The van der Waals surface area contributed by atoms with Crippen LogP contribution in [0, 0.1) is 13.8 Å². The first-order valence-corrected chi connectivity index (χ1v) is 9.13. The van der Waals surface area contributed by atoms with Crippen LogP contribution >= 0.6 is 15.9 Å². The van der Waals surface area contributed by atoms with Crippen molar-refractivity contribution in [1.29, 1.82) is 0 Å². The minimum absolute atomic E-state index is 0.102. The standard InChI is InChI=1S/C19H22BrN3O2/c1-5-14-10-23(17-7-12(3)11(2)6-16(17)22-14)19(24)15-8-13(20)9-21-18(15)25-4/h6-9,14,22H,5,10H2,1-4H3. The number of amides is 1. The fourth-order valence-corrected chi connectivity index (χ4v) is 3.37. The number of methoxy groups -OCH3 is 1. The summed E-state index contributed by atoms with van der Waals surface area (Å²) in [6.07, 6.45) is 2.56. The van der Waals surface area contributed by atoms with E-state index >= 15 is 0 Å². The van der Waals surface area contributed by atoms with Crippen molar-refractivity contribution in [2.75, 3.05) is 23.9 Å². The van der Waals surface area contributed by atoms with E-state index in [1.54, 1.807) is 12.3 Å². The molecule has 0 saturated carbocycles. The zero-order valence-corrected chi connectivity index (χ0v) is 16.5. The first-order valence-electron chi connectivity index (χ1n) is 8.33. The molecule has 0 radical (unpaired) electrons. The van der Waals surface area contributed by atoms with Gasteiger partial charge in [-0.2, -0.15) is 0 Å². The van der Waals surface area contributed by atoms with E-state index in [1.807, 2.05) is 4.90 Å². The number of pyridine rings is 1. The molecule has 2 aromatic rings. The number of halogens is 1.